The lowest BCUT2D eigenvalue weighted by Crippen LogP contribution is -2.39. The van der Waals surface area contributed by atoms with Crippen molar-refractivity contribution in [3.05, 3.63) is 88.7 Å². The normalized spacial score (nSPS) is 14.4. The number of halogens is 1. The second-order valence-electron chi connectivity index (χ2n) is 7.13. The molecule has 4 rings (SSSR count). The maximum absolute atomic E-state index is 12.3. The standard InChI is InChI=1S/C23H23BrN4O/c24-21-6-4-5-18(13-21)14-25-23(29)17-27-11-9-19(10-12-27)20-15-26-28(16-20)22-7-2-1-3-8-22/h1-9,13,15-16H,10-12,14,17H2,(H,25,29). The molecule has 0 atom stereocenters. The molecule has 0 saturated heterocycles. The average molecular weight is 451 g/mol. The van der Waals surface area contributed by atoms with E-state index >= 15 is 0 Å². The number of amides is 1. The van der Waals surface area contributed by atoms with E-state index in [9.17, 15) is 4.79 Å². The fourth-order valence-electron chi connectivity index (χ4n) is 3.43. The summed E-state index contributed by atoms with van der Waals surface area (Å²) in [4.78, 5) is 14.5. The maximum atomic E-state index is 12.3. The molecule has 0 unspecified atom stereocenters. The molecule has 0 fully saturated rings. The lowest BCUT2D eigenvalue weighted by atomic mass is 10.0. The summed E-state index contributed by atoms with van der Waals surface area (Å²) >= 11 is 3.45. The van der Waals surface area contributed by atoms with Gasteiger partial charge in [0.15, 0.2) is 0 Å². The summed E-state index contributed by atoms with van der Waals surface area (Å²) in [6.45, 7) is 2.61. The van der Waals surface area contributed by atoms with Gasteiger partial charge < -0.3 is 5.32 Å². The van der Waals surface area contributed by atoms with Gasteiger partial charge in [-0.2, -0.15) is 5.10 Å². The predicted molar refractivity (Wildman–Crippen MR) is 119 cm³/mol. The summed E-state index contributed by atoms with van der Waals surface area (Å²) in [6.07, 6.45) is 7.11. The molecule has 6 heteroatoms. The van der Waals surface area contributed by atoms with E-state index in [1.807, 2.05) is 65.5 Å². The van der Waals surface area contributed by atoms with Crippen molar-refractivity contribution < 1.29 is 4.79 Å². The molecule has 148 valence electrons. The lowest BCUT2D eigenvalue weighted by molar-refractivity contribution is -0.122. The smallest absolute Gasteiger partial charge is 0.234 e. The van der Waals surface area contributed by atoms with Crippen LogP contribution in [0.3, 0.4) is 0 Å². The van der Waals surface area contributed by atoms with Gasteiger partial charge in [-0.05, 0) is 41.8 Å². The van der Waals surface area contributed by atoms with Gasteiger partial charge in [-0.15, -0.1) is 0 Å². The summed E-state index contributed by atoms with van der Waals surface area (Å²) < 4.78 is 2.92. The minimum atomic E-state index is 0.0544. The van der Waals surface area contributed by atoms with Crippen molar-refractivity contribution in [1.29, 1.82) is 0 Å². The second-order valence-corrected chi connectivity index (χ2v) is 8.05. The van der Waals surface area contributed by atoms with Gasteiger partial charge in [-0.3, -0.25) is 9.69 Å². The van der Waals surface area contributed by atoms with Gasteiger partial charge in [0.2, 0.25) is 5.91 Å². The van der Waals surface area contributed by atoms with E-state index in [4.69, 9.17) is 0 Å². The van der Waals surface area contributed by atoms with Gasteiger partial charge >= 0.3 is 0 Å². The first-order valence-electron chi connectivity index (χ1n) is 9.70. The van der Waals surface area contributed by atoms with Crippen LogP contribution >= 0.6 is 15.9 Å². The first-order chi connectivity index (χ1) is 14.2. The van der Waals surface area contributed by atoms with E-state index in [1.165, 1.54) is 5.57 Å². The summed E-state index contributed by atoms with van der Waals surface area (Å²) in [6, 6.07) is 18.1. The molecule has 3 aromatic rings. The third-order valence-electron chi connectivity index (χ3n) is 5.01. The Labute approximate surface area is 179 Å². The van der Waals surface area contributed by atoms with Crippen molar-refractivity contribution in [2.45, 2.75) is 13.0 Å². The number of hydrogen-bond acceptors (Lipinski definition) is 3. The van der Waals surface area contributed by atoms with Crippen LogP contribution in [-0.4, -0.2) is 40.2 Å². The van der Waals surface area contributed by atoms with Crippen molar-refractivity contribution in [2.24, 2.45) is 0 Å². The minimum absolute atomic E-state index is 0.0544. The number of para-hydroxylation sites is 1. The van der Waals surface area contributed by atoms with Crippen LogP contribution < -0.4 is 5.32 Å². The molecule has 0 spiro atoms. The Hall–Kier alpha value is -2.70. The summed E-state index contributed by atoms with van der Waals surface area (Å²) in [5.41, 5.74) is 4.58. The lowest BCUT2D eigenvalue weighted by Gasteiger charge is -2.25. The third-order valence-corrected chi connectivity index (χ3v) is 5.51. The van der Waals surface area contributed by atoms with Crippen LogP contribution in [0.5, 0.6) is 0 Å². The Morgan fingerprint density at radius 3 is 2.76 bits per heavy atom. The molecule has 5 nitrogen and oxygen atoms in total. The summed E-state index contributed by atoms with van der Waals surface area (Å²) in [5, 5.41) is 7.49. The maximum Gasteiger partial charge on any atom is 0.234 e. The van der Waals surface area contributed by atoms with Gasteiger partial charge in [-0.1, -0.05) is 52.3 Å². The first-order valence-corrected chi connectivity index (χ1v) is 10.5. The summed E-state index contributed by atoms with van der Waals surface area (Å²) in [7, 11) is 0. The molecule has 1 aliphatic rings. The topological polar surface area (TPSA) is 50.2 Å². The number of hydrogen-bond donors (Lipinski definition) is 1. The Balaban J connectivity index is 1.29. The zero-order valence-electron chi connectivity index (χ0n) is 16.1. The Kier molecular flexibility index (Phi) is 6.22. The molecule has 29 heavy (non-hydrogen) atoms. The minimum Gasteiger partial charge on any atom is -0.351 e. The molecular weight excluding hydrogens is 428 g/mol. The Morgan fingerprint density at radius 1 is 1.14 bits per heavy atom. The van der Waals surface area contributed by atoms with Gasteiger partial charge in [0, 0.05) is 35.9 Å². The van der Waals surface area contributed by atoms with Crippen LogP contribution in [0, 0.1) is 0 Å². The number of nitrogens with one attached hydrogen (secondary N) is 1. The largest absolute Gasteiger partial charge is 0.351 e. The van der Waals surface area contributed by atoms with Crippen LogP contribution in [0.2, 0.25) is 0 Å². The highest BCUT2D eigenvalue weighted by Gasteiger charge is 2.16. The average Bonchev–Trinajstić information content (AvgIpc) is 3.24. The van der Waals surface area contributed by atoms with Gasteiger partial charge in [-0.25, -0.2) is 4.68 Å². The van der Waals surface area contributed by atoms with Crippen LogP contribution in [0.15, 0.2) is 77.5 Å². The predicted octanol–water partition coefficient (Wildman–Crippen LogP) is 4.04. The van der Waals surface area contributed by atoms with Crippen LogP contribution in [0.4, 0.5) is 0 Å². The van der Waals surface area contributed by atoms with E-state index in [2.05, 4.69) is 43.5 Å². The van der Waals surface area contributed by atoms with Gasteiger partial charge in [0.1, 0.15) is 0 Å². The molecule has 0 aliphatic carbocycles. The highest BCUT2D eigenvalue weighted by atomic mass is 79.9. The second kappa shape index (κ2) is 9.20. The fraction of sp³-hybridized carbons (Fsp3) is 0.217. The van der Waals surface area contributed by atoms with Crippen molar-refractivity contribution in [1.82, 2.24) is 20.0 Å². The number of carbonyl (C=O) groups excluding carboxylic acids is 1. The van der Waals surface area contributed by atoms with Gasteiger partial charge in [0.05, 0.1) is 18.4 Å². The molecule has 1 N–H and O–H groups in total. The third kappa shape index (κ3) is 5.22. The molecule has 0 radical (unpaired) electrons. The Bertz CT molecular complexity index is 1010. The molecule has 0 bridgehead atoms. The van der Waals surface area contributed by atoms with E-state index in [-0.39, 0.29) is 5.91 Å². The zero-order valence-corrected chi connectivity index (χ0v) is 17.7. The van der Waals surface area contributed by atoms with Crippen molar-refractivity contribution in [3.63, 3.8) is 0 Å². The number of carbonyl (C=O) groups is 1. The molecule has 1 amide bonds. The Morgan fingerprint density at radius 2 is 2.00 bits per heavy atom. The van der Waals surface area contributed by atoms with E-state index in [1.54, 1.807) is 0 Å². The van der Waals surface area contributed by atoms with E-state index < -0.39 is 0 Å². The first kappa shape index (κ1) is 19.6. The molecule has 1 aliphatic heterocycles. The highest BCUT2D eigenvalue weighted by molar-refractivity contribution is 9.10. The van der Waals surface area contributed by atoms with Crippen molar-refractivity contribution >= 4 is 27.4 Å². The van der Waals surface area contributed by atoms with Gasteiger partial charge in [0.25, 0.3) is 0 Å². The zero-order chi connectivity index (χ0) is 20.1. The van der Waals surface area contributed by atoms with E-state index in [0.29, 0.717) is 13.1 Å². The van der Waals surface area contributed by atoms with Crippen LogP contribution in [0.25, 0.3) is 11.3 Å². The van der Waals surface area contributed by atoms with Crippen molar-refractivity contribution in [3.8, 4) is 5.69 Å². The number of rotatable bonds is 6. The molecular formula is C23H23BrN4O. The number of aromatic nitrogens is 2. The van der Waals surface area contributed by atoms with E-state index in [0.717, 1.165) is 40.8 Å². The molecule has 2 aromatic carbocycles. The number of nitrogens with zero attached hydrogens (tertiary/aromatic N) is 3. The quantitative estimate of drug-likeness (QED) is 0.616. The highest BCUT2D eigenvalue weighted by Crippen LogP contribution is 2.22. The molecule has 0 saturated carbocycles. The fourth-order valence-corrected chi connectivity index (χ4v) is 3.88. The SMILES string of the molecule is O=C(CN1CC=C(c2cnn(-c3ccccc3)c2)CC1)NCc1cccc(Br)c1. The number of benzene rings is 2. The molecule has 2 heterocycles. The monoisotopic (exact) mass is 450 g/mol. The van der Waals surface area contributed by atoms with Crippen LogP contribution in [-0.2, 0) is 11.3 Å². The molecule has 1 aromatic heterocycles. The summed E-state index contributed by atoms with van der Waals surface area (Å²) in [5.74, 6) is 0.0544. The van der Waals surface area contributed by atoms with Crippen molar-refractivity contribution in [2.75, 3.05) is 19.6 Å². The van der Waals surface area contributed by atoms with Crippen LogP contribution in [0.1, 0.15) is 17.5 Å².